The Kier molecular flexibility index (Phi) is 3.74. The molecular weight excluding hydrogens is 234 g/mol. The Morgan fingerprint density at radius 1 is 1.53 bits per heavy atom. The van der Waals surface area contributed by atoms with E-state index in [1.54, 1.807) is 0 Å². The van der Waals surface area contributed by atoms with Gasteiger partial charge >= 0.3 is 0 Å². The number of carbonyl (C=O) groups excluding carboxylic acids is 1. The molecule has 1 aromatic carbocycles. The number of morpholine rings is 1. The molecule has 4 heteroatoms. The number of amides is 1. The van der Waals surface area contributed by atoms with E-state index in [1.807, 2.05) is 36.9 Å². The minimum absolute atomic E-state index is 0.0780. The fourth-order valence-corrected chi connectivity index (χ4v) is 2.23. The number of benzene rings is 1. The first-order valence-electron chi connectivity index (χ1n) is 5.78. The van der Waals surface area contributed by atoms with Gasteiger partial charge in [-0.3, -0.25) is 4.79 Å². The Balaban J connectivity index is 2.26. The number of rotatable bonds is 1. The molecule has 0 spiro atoms. The summed E-state index contributed by atoms with van der Waals surface area (Å²) in [6.07, 6.45) is 0. The van der Waals surface area contributed by atoms with Gasteiger partial charge in [0.25, 0.3) is 5.91 Å². The highest BCUT2D eigenvalue weighted by Crippen LogP contribution is 2.18. The third-order valence-electron chi connectivity index (χ3n) is 3.08. The summed E-state index contributed by atoms with van der Waals surface area (Å²) in [5.74, 6) is 0.0780. The molecule has 3 nitrogen and oxygen atoms in total. The summed E-state index contributed by atoms with van der Waals surface area (Å²) in [6.45, 7) is 5.86. The maximum absolute atomic E-state index is 12.4. The van der Waals surface area contributed by atoms with Crippen LogP contribution in [-0.4, -0.2) is 36.6 Å². The fourth-order valence-electron chi connectivity index (χ4n) is 2.02. The number of nitrogens with zero attached hydrogens (tertiary/aromatic N) is 1. The molecule has 1 atom stereocenters. The molecule has 1 aliphatic rings. The molecule has 1 amide bonds. The highest BCUT2D eigenvalue weighted by molar-refractivity contribution is 7.80. The Labute approximate surface area is 107 Å². The molecule has 2 rings (SSSR count). The van der Waals surface area contributed by atoms with Gasteiger partial charge in [0, 0.05) is 17.0 Å². The lowest BCUT2D eigenvalue weighted by Gasteiger charge is -2.33. The van der Waals surface area contributed by atoms with Gasteiger partial charge in [0.2, 0.25) is 0 Å². The number of aryl methyl sites for hydroxylation is 1. The third kappa shape index (κ3) is 2.64. The van der Waals surface area contributed by atoms with Crippen molar-refractivity contribution in [1.29, 1.82) is 0 Å². The number of carbonyl (C=O) groups is 1. The van der Waals surface area contributed by atoms with Gasteiger partial charge in [0.1, 0.15) is 0 Å². The molecule has 17 heavy (non-hydrogen) atoms. The molecular formula is C13H17NO2S. The number of hydrogen-bond donors (Lipinski definition) is 1. The van der Waals surface area contributed by atoms with Crippen molar-refractivity contribution in [2.75, 3.05) is 19.8 Å². The maximum Gasteiger partial charge on any atom is 0.254 e. The van der Waals surface area contributed by atoms with E-state index < -0.39 is 0 Å². The molecule has 1 heterocycles. The molecule has 0 N–H and O–H groups in total. The van der Waals surface area contributed by atoms with Gasteiger partial charge < -0.3 is 9.64 Å². The first kappa shape index (κ1) is 12.5. The van der Waals surface area contributed by atoms with Gasteiger partial charge in [-0.1, -0.05) is 6.07 Å². The minimum atomic E-state index is 0.0780. The van der Waals surface area contributed by atoms with Gasteiger partial charge in [0.05, 0.1) is 19.3 Å². The quantitative estimate of drug-likeness (QED) is 0.775. The Morgan fingerprint density at radius 3 is 3.00 bits per heavy atom. The second-order valence-electron chi connectivity index (χ2n) is 4.42. The lowest BCUT2D eigenvalue weighted by Crippen LogP contribution is -2.47. The van der Waals surface area contributed by atoms with E-state index in [9.17, 15) is 4.79 Å². The monoisotopic (exact) mass is 251 g/mol. The van der Waals surface area contributed by atoms with Gasteiger partial charge in [-0.05, 0) is 31.5 Å². The SMILES string of the molecule is Cc1ccc(S)cc1C(=O)N1CCOCC1C. The van der Waals surface area contributed by atoms with E-state index in [0.717, 1.165) is 16.0 Å². The van der Waals surface area contributed by atoms with E-state index in [1.165, 1.54) is 0 Å². The smallest absolute Gasteiger partial charge is 0.254 e. The van der Waals surface area contributed by atoms with Crippen molar-refractivity contribution in [3.8, 4) is 0 Å². The van der Waals surface area contributed by atoms with Gasteiger partial charge in [-0.2, -0.15) is 0 Å². The molecule has 1 aliphatic heterocycles. The molecule has 1 unspecified atom stereocenters. The fraction of sp³-hybridized carbons (Fsp3) is 0.462. The molecule has 0 aliphatic carbocycles. The average Bonchev–Trinajstić information content (AvgIpc) is 2.32. The van der Waals surface area contributed by atoms with Gasteiger partial charge in [0.15, 0.2) is 0 Å². The zero-order valence-corrected chi connectivity index (χ0v) is 11.0. The standard InChI is InChI=1S/C13H17NO2S/c1-9-3-4-11(17)7-12(9)13(15)14-5-6-16-8-10(14)2/h3-4,7,10,17H,5-6,8H2,1-2H3. The topological polar surface area (TPSA) is 29.5 Å². The summed E-state index contributed by atoms with van der Waals surface area (Å²) in [6, 6.07) is 5.81. The maximum atomic E-state index is 12.4. The largest absolute Gasteiger partial charge is 0.377 e. The number of thiol groups is 1. The van der Waals surface area contributed by atoms with E-state index in [-0.39, 0.29) is 11.9 Å². The van der Waals surface area contributed by atoms with Crippen molar-refractivity contribution in [1.82, 2.24) is 4.90 Å². The summed E-state index contributed by atoms with van der Waals surface area (Å²) in [5, 5.41) is 0. The Morgan fingerprint density at radius 2 is 2.29 bits per heavy atom. The van der Waals surface area contributed by atoms with Crippen LogP contribution in [0, 0.1) is 6.92 Å². The van der Waals surface area contributed by atoms with Crippen molar-refractivity contribution in [3.05, 3.63) is 29.3 Å². The summed E-state index contributed by atoms with van der Waals surface area (Å²) < 4.78 is 5.34. The van der Waals surface area contributed by atoms with Crippen LogP contribution in [0.15, 0.2) is 23.1 Å². The highest BCUT2D eigenvalue weighted by atomic mass is 32.1. The average molecular weight is 251 g/mol. The van der Waals surface area contributed by atoms with Crippen molar-refractivity contribution in [3.63, 3.8) is 0 Å². The molecule has 1 fully saturated rings. The van der Waals surface area contributed by atoms with Crippen LogP contribution in [-0.2, 0) is 4.74 Å². The molecule has 1 aromatic rings. The highest BCUT2D eigenvalue weighted by Gasteiger charge is 2.25. The summed E-state index contributed by atoms with van der Waals surface area (Å²) in [7, 11) is 0. The molecule has 92 valence electrons. The van der Waals surface area contributed by atoms with Crippen molar-refractivity contribution >= 4 is 18.5 Å². The van der Waals surface area contributed by atoms with Crippen LogP contribution >= 0.6 is 12.6 Å². The second kappa shape index (κ2) is 5.10. The predicted octanol–water partition coefficient (Wildman–Crippen LogP) is 2.14. The zero-order chi connectivity index (χ0) is 12.4. The Hall–Kier alpha value is -1.00. The van der Waals surface area contributed by atoms with E-state index in [2.05, 4.69) is 12.6 Å². The lowest BCUT2D eigenvalue weighted by atomic mass is 10.1. The van der Waals surface area contributed by atoms with Crippen LogP contribution in [0.3, 0.4) is 0 Å². The first-order chi connectivity index (χ1) is 8.09. The molecule has 0 saturated carbocycles. The summed E-state index contributed by atoms with van der Waals surface area (Å²) in [5.41, 5.74) is 1.73. The number of hydrogen-bond acceptors (Lipinski definition) is 3. The van der Waals surface area contributed by atoms with Crippen LogP contribution < -0.4 is 0 Å². The summed E-state index contributed by atoms with van der Waals surface area (Å²) in [4.78, 5) is 15.1. The minimum Gasteiger partial charge on any atom is -0.377 e. The van der Waals surface area contributed by atoms with Crippen LogP contribution in [0.2, 0.25) is 0 Å². The zero-order valence-electron chi connectivity index (χ0n) is 10.1. The molecule has 0 aromatic heterocycles. The second-order valence-corrected chi connectivity index (χ2v) is 4.94. The van der Waals surface area contributed by atoms with Crippen molar-refractivity contribution in [2.45, 2.75) is 24.8 Å². The van der Waals surface area contributed by atoms with Crippen LogP contribution in [0.4, 0.5) is 0 Å². The van der Waals surface area contributed by atoms with Crippen molar-refractivity contribution in [2.24, 2.45) is 0 Å². The van der Waals surface area contributed by atoms with Crippen molar-refractivity contribution < 1.29 is 9.53 Å². The lowest BCUT2D eigenvalue weighted by molar-refractivity contribution is 0.00354. The first-order valence-corrected chi connectivity index (χ1v) is 6.22. The van der Waals surface area contributed by atoms with Gasteiger partial charge in [-0.15, -0.1) is 12.6 Å². The molecule has 0 radical (unpaired) electrons. The normalized spacial score (nSPS) is 20.4. The molecule has 1 saturated heterocycles. The van der Waals surface area contributed by atoms with Gasteiger partial charge in [-0.25, -0.2) is 0 Å². The predicted molar refractivity (Wildman–Crippen MR) is 69.7 cm³/mol. The number of ether oxygens (including phenoxy) is 1. The molecule has 0 bridgehead atoms. The summed E-state index contributed by atoms with van der Waals surface area (Å²) >= 11 is 4.29. The van der Waals surface area contributed by atoms with E-state index in [4.69, 9.17) is 4.74 Å². The van der Waals surface area contributed by atoms with E-state index in [0.29, 0.717) is 19.8 Å². The van der Waals surface area contributed by atoms with E-state index >= 15 is 0 Å². The Bertz CT molecular complexity index is 433. The third-order valence-corrected chi connectivity index (χ3v) is 3.36. The van der Waals surface area contributed by atoms with Crippen LogP contribution in [0.1, 0.15) is 22.8 Å². The van der Waals surface area contributed by atoms with Crippen LogP contribution in [0.25, 0.3) is 0 Å². The van der Waals surface area contributed by atoms with Crippen LogP contribution in [0.5, 0.6) is 0 Å².